The number of aryl methyl sites for hydroxylation is 2. The van der Waals surface area contributed by atoms with Crippen molar-refractivity contribution in [2.24, 2.45) is 0 Å². The Morgan fingerprint density at radius 3 is 2.69 bits per heavy atom. The summed E-state index contributed by atoms with van der Waals surface area (Å²) < 4.78 is 0. The Bertz CT molecular complexity index is 295. The second-order valence-electron chi connectivity index (χ2n) is 3.92. The fraction of sp³-hybridized carbons (Fsp3) is 0.667. The number of nitrogens with one attached hydrogen (secondary N) is 1. The van der Waals surface area contributed by atoms with Crippen LogP contribution in [-0.2, 0) is 0 Å². The maximum absolute atomic E-state index is 4.34. The summed E-state index contributed by atoms with van der Waals surface area (Å²) >= 11 is 1.92. The van der Waals surface area contributed by atoms with Gasteiger partial charge in [-0.2, -0.15) is 11.8 Å². The summed E-state index contributed by atoms with van der Waals surface area (Å²) in [6.45, 7) is 4.93. The number of aromatic nitrogens is 2. The molecule has 0 saturated carbocycles. The highest BCUT2D eigenvalue weighted by molar-refractivity contribution is 7.98. The lowest BCUT2D eigenvalue weighted by atomic mass is 10.2. The molecular weight excluding hydrogens is 218 g/mol. The molecule has 0 atom stereocenters. The SMILES string of the molecule is CSCCCCCNc1cc(C)nc(C)n1. The summed E-state index contributed by atoms with van der Waals surface area (Å²) in [6, 6.07) is 1.99. The van der Waals surface area contributed by atoms with Gasteiger partial charge in [-0.05, 0) is 38.7 Å². The summed E-state index contributed by atoms with van der Waals surface area (Å²) in [6.07, 6.45) is 5.97. The zero-order valence-corrected chi connectivity index (χ0v) is 11.2. The molecule has 0 unspecified atom stereocenters. The minimum absolute atomic E-state index is 0.838. The first kappa shape index (κ1) is 13.3. The van der Waals surface area contributed by atoms with Gasteiger partial charge in [-0.1, -0.05) is 6.42 Å². The monoisotopic (exact) mass is 239 g/mol. The first-order valence-corrected chi connectivity index (χ1v) is 7.17. The van der Waals surface area contributed by atoms with E-state index in [-0.39, 0.29) is 0 Å². The van der Waals surface area contributed by atoms with Crippen molar-refractivity contribution < 1.29 is 0 Å². The Balaban J connectivity index is 2.21. The predicted molar refractivity (Wildman–Crippen MR) is 72.2 cm³/mol. The highest BCUT2D eigenvalue weighted by atomic mass is 32.2. The van der Waals surface area contributed by atoms with Gasteiger partial charge >= 0.3 is 0 Å². The highest BCUT2D eigenvalue weighted by Crippen LogP contribution is 2.07. The number of thioether (sulfide) groups is 1. The van der Waals surface area contributed by atoms with Crippen molar-refractivity contribution in [3.63, 3.8) is 0 Å². The van der Waals surface area contributed by atoms with Crippen LogP contribution >= 0.6 is 11.8 Å². The lowest BCUT2D eigenvalue weighted by Crippen LogP contribution is -2.05. The van der Waals surface area contributed by atoms with Gasteiger partial charge < -0.3 is 5.32 Å². The van der Waals surface area contributed by atoms with Gasteiger partial charge in [0.05, 0.1) is 0 Å². The molecule has 0 saturated heterocycles. The Morgan fingerprint density at radius 1 is 1.19 bits per heavy atom. The summed E-state index contributed by atoms with van der Waals surface area (Å²) in [5, 5.41) is 3.35. The van der Waals surface area contributed by atoms with E-state index in [2.05, 4.69) is 21.5 Å². The van der Waals surface area contributed by atoms with Crippen molar-refractivity contribution in [3.05, 3.63) is 17.6 Å². The van der Waals surface area contributed by atoms with Gasteiger partial charge in [-0.15, -0.1) is 0 Å². The van der Waals surface area contributed by atoms with E-state index in [0.29, 0.717) is 0 Å². The molecule has 0 spiro atoms. The van der Waals surface area contributed by atoms with E-state index in [0.717, 1.165) is 23.9 Å². The minimum atomic E-state index is 0.838. The van der Waals surface area contributed by atoms with Crippen LogP contribution in [-0.4, -0.2) is 28.5 Å². The van der Waals surface area contributed by atoms with E-state index in [1.807, 2.05) is 31.7 Å². The van der Waals surface area contributed by atoms with Crippen LogP contribution in [0.5, 0.6) is 0 Å². The van der Waals surface area contributed by atoms with Crippen LogP contribution in [0.25, 0.3) is 0 Å². The van der Waals surface area contributed by atoms with Gasteiger partial charge in [-0.25, -0.2) is 9.97 Å². The highest BCUT2D eigenvalue weighted by Gasteiger charge is 1.97. The number of anilines is 1. The molecule has 90 valence electrons. The van der Waals surface area contributed by atoms with Crippen LogP contribution in [0.15, 0.2) is 6.07 Å². The third kappa shape index (κ3) is 5.35. The van der Waals surface area contributed by atoms with Gasteiger partial charge in [0.25, 0.3) is 0 Å². The summed E-state index contributed by atoms with van der Waals surface area (Å²) in [7, 11) is 0. The lowest BCUT2D eigenvalue weighted by Gasteiger charge is -2.06. The lowest BCUT2D eigenvalue weighted by molar-refractivity contribution is 0.747. The van der Waals surface area contributed by atoms with Crippen LogP contribution in [0.2, 0.25) is 0 Å². The molecule has 0 aliphatic rings. The predicted octanol–water partition coefficient (Wildman–Crippen LogP) is 3.04. The molecule has 0 fully saturated rings. The Hall–Kier alpha value is -0.770. The van der Waals surface area contributed by atoms with Gasteiger partial charge in [0.15, 0.2) is 0 Å². The Morgan fingerprint density at radius 2 is 2.00 bits per heavy atom. The molecule has 0 aliphatic heterocycles. The van der Waals surface area contributed by atoms with E-state index in [9.17, 15) is 0 Å². The molecule has 3 nitrogen and oxygen atoms in total. The molecule has 1 heterocycles. The van der Waals surface area contributed by atoms with Gasteiger partial charge in [0.2, 0.25) is 0 Å². The van der Waals surface area contributed by atoms with E-state index in [1.165, 1.54) is 25.0 Å². The largest absolute Gasteiger partial charge is 0.370 e. The molecule has 1 aromatic rings. The zero-order valence-electron chi connectivity index (χ0n) is 10.4. The third-order valence-corrected chi connectivity index (χ3v) is 2.99. The molecule has 1 rings (SSSR count). The normalized spacial score (nSPS) is 10.4. The summed E-state index contributed by atoms with van der Waals surface area (Å²) in [5.41, 5.74) is 1.03. The van der Waals surface area contributed by atoms with Gasteiger partial charge in [0.1, 0.15) is 11.6 Å². The average Bonchev–Trinajstić information content (AvgIpc) is 2.22. The zero-order chi connectivity index (χ0) is 11.8. The fourth-order valence-corrected chi connectivity index (χ4v) is 2.06. The van der Waals surface area contributed by atoms with Crippen molar-refractivity contribution in [3.8, 4) is 0 Å². The van der Waals surface area contributed by atoms with Crippen LogP contribution in [0.3, 0.4) is 0 Å². The van der Waals surface area contributed by atoms with E-state index in [1.54, 1.807) is 0 Å². The van der Waals surface area contributed by atoms with E-state index < -0.39 is 0 Å². The summed E-state index contributed by atoms with van der Waals surface area (Å²) in [4.78, 5) is 8.59. The quantitative estimate of drug-likeness (QED) is 0.742. The molecule has 0 amide bonds. The molecule has 16 heavy (non-hydrogen) atoms. The first-order chi connectivity index (χ1) is 7.72. The molecular formula is C12H21N3S. The van der Waals surface area contributed by atoms with Crippen LogP contribution in [0.1, 0.15) is 30.8 Å². The molecule has 4 heteroatoms. The van der Waals surface area contributed by atoms with E-state index in [4.69, 9.17) is 0 Å². The maximum Gasteiger partial charge on any atom is 0.129 e. The smallest absolute Gasteiger partial charge is 0.129 e. The fourth-order valence-electron chi connectivity index (χ4n) is 1.57. The van der Waals surface area contributed by atoms with Crippen LogP contribution in [0.4, 0.5) is 5.82 Å². The Kier molecular flexibility index (Phi) is 6.23. The average molecular weight is 239 g/mol. The number of hydrogen-bond donors (Lipinski definition) is 1. The number of nitrogens with zero attached hydrogens (tertiary/aromatic N) is 2. The number of hydrogen-bond acceptors (Lipinski definition) is 4. The number of unbranched alkanes of at least 4 members (excludes halogenated alkanes) is 2. The molecule has 1 N–H and O–H groups in total. The Labute approximate surface area is 102 Å². The van der Waals surface area contributed by atoms with Crippen LogP contribution in [0, 0.1) is 13.8 Å². The number of rotatable bonds is 7. The van der Waals surface area contributed by atoms with Gasteiger partial charge in [-0.3, -0.25) is 0 Å². The van der Waals surface area contributed by atoms with Crippen molar-refractivity contribution in [1.82, 2.24) is 9.97 Å². The molecule has 0 aliphatic carbocycles. The minimum Gasteiger partial charge on any atom is -0.370 e. The van der Waals surface area contributed by atoms with E-state index >= 15 is 0 Å². The van der Waals surface area contributed by atoms with Crippen molar-refractivity contribution in [2.45, 2.75) is 33.1 Å². The third-order valence-electron chi connectivity index (χ3n) is 2.30. The molecule has 0 bridgehead atoms. The van der Waals surface area contributed by atoms with Crippen LogP contribution < -0.4 is 5.32 Å². The van der Waals surface area contributed by atoms with Crippen molar-refractivity contribution in [1.29, 1.82) is 0 Å². The first-order valence-electron chi connectivity index (χ1n) is 5.77. The molecule has 0 radical (unpaired) electrons. The van der Waals surface area contributed by atoms with Gasteiger partial charge in [0, 0.05) is 18.3 Å². The topological polar surface area (TPSA) is 37.8 Å². The van der Waals surface area contributed by atoms with Crippen molar-refractivity contribution in [2.75, 3.05) is 23.9 Å². The molecule has 1 aromatic heterocycles. The standard InChI is InChI=1S/C12H21N3S/c1-10-9-12(15-11(2)14-10)13-7-5-4-6-8-16-3/h9H,4-8H2,1-3H3,(H,13,14,15). The van der Waals surface area contributed by atoms with Crippen molar-refractivity contribution >= 4 is 17.6 Å². The molecule has 0 aromatic carbocycles. The maximum atomic E-state index is 4.34. The second-order valence-corrected chi connectivity index (χ2v) is 4.91. The second kappa shape index (κ2) is 7.49. The summed E-state index contributed by atoms with van der Waals surface area (Å²) in [5.74, 6) is 3.06.